The number of nitrogens with one attached hydrogen (secondary N) is 4. The predicted molar refractivity (Wildman–Crippen MR) is 127 cm³/mol. The topological polar surface area (TPSA) is 112 Å². The summed E-state index contributed by atoms with van der Waals surface area (Å²) in [6.07, 6.45) is 2.23. The highest BCUT2D eigenvalue weighted by Crippen LogP contribution is 2.23. The first-order chi connectivity index (χ1) is 13.5. The maximum atomic E-state index is 12.2. The number of piperidine rings is 1. The van der Waals surface area contributed by atoms with Crippen molar-refractivity contribution in [3.63, 3.8) is 0 Å². The number of carbonyl (C=O) groups is 1. The molecule has 10 heteroatoms. The molecule has 0 radical (unpaired) electrons. The van der Waals surface area contributed by atoms with Crippen LogP contribution in [0.5, 0.6) is 5.75 Å². The van der Waals surface area contributed by atoms with Crippen LogP contribution >= 0.6 is 36.4 Å². The second kappa shape index (κ2) is 12.5. The fourth-order valence-corrected chi connectivity index (χ4v) is 3.12. The van der Waals surface area contributed by atoms with E-state index in [1.807, 2.05) is 24.3 Å². The predicted octanol–water partition coefficient (Wildman–Crippen LogP) is 3.65. The minimum Gasteiger partial charge on any atom is -0.490 e. The molecule has 0 aliphatic carbocycles. The fourth-order valence-electron chi connectivity index (χ4n) is 2.93. The van der Waals surface area contributed by atoms with Gasteiger partial charge in [0.15, 0.2) is 0 Å². The van der Waals surface area contributed by atoms with Gasteiger partial charge < -0.3 is 26.4 Å². The summed E-state index contributed by atoms with van der Waals surface area (Å²) in [6, 6.07) is 12.3. The molecule has 2 aromatic carbocycles. The highest BCUT2D eigenvalue weighted by atomic mass is 35.5. The van der Waals surface area contributed by atoms with Crippen molar-refractivity contribution >= 4 is 59.5 Å². The average Bonchev–Trinajstić information content (AvgIpc) is 2.69. The minimum absolute atomic E-state index is 0. The SMILES string of the molecule is Cl.Cl.N=C(N)c1ccc(Cl)c(NCC(=O)Nc2ccc(OC3CCNCC3)cc2)c1. The van der Waals surface area contributed by atoms with Crippen LogP contribution in [0.1, 0.15) is 18.4 Å². The van der Waals surface area contributed by atoms with Gasteiger partial charge in [0.25, 0.3) is 0 Å². The molecule has 30 heavy (non-hydrogen) atoms. The molecule has 1 fully saturated rings. The number of hydrogen-bond donors (Lipinski definition) is 5. The number of amidine groups is 1. The summed E-state index contributed by atoms with van der Waals surface area (Å²) >= 11 is 6.12. The molecule has 1 saturated heterocycles. The van der Waals surface area contributed by atoms with Crippen LogP contribution in [0.15, 0.2) is 42.5 Å². The van der Waals surface area contributed by atoms with E-state index < -0.39 is 0 Å². The first-order valence-corrected chi connectivity index (χ1v) is 9.54. The molecule has 7 nitrogen and oxygen atoms in total. The van der Waals surface area contributed by atoms with Crippen LogP contribution in [0.2, 0.25) is 5.02 Å². The second-order valence-electron chi connectivity index (χ2n) is 6.60. The molecule has 0 atom stereocenters. The van der Waals surface area contributed by atoms with Crippen molar-refractivity contribution in [1.82, 2.24) is 5.32 Å². The molecule has 6 N–H and O–H groups in total. The third-order valence-electron chi connectivity index (χ3n) is 4.44. The van der Waals surface area contributed by atoms with E-state index in [4.69, 9.17) is 27.5 Å². The van der Waals surface area contributed by atoms with Gasteiger partial charge in [-0.15, -0.1) is 24.8 Å². The van der Waals surface area contributed by atoms with E-state index in [0.717, 1.165) is 31.7 Å². The standard InChI is InChI=1S/C20H24ClN5O2.2ClH/c21-17-6-1-13(20(22)23)11-18(17)25-12-19(27)26-14-2-4-15(5-3-14)28-16-7-9-24-10-8-16;;/h1-6,11,16,24-25H,7-10,12H2,(H3,22,23)(H,26,27);2*1H. The summed E-state index contributed by atoms with van der Waals surface area (Å²) < 4.78 is 5.96. The molecule has 0 saturated carbocycles. The average molecular weight is 475 g/mol. The number of hydrogen-bond acceptors (Lipinski definition) is 5. The molecule has 0 bridgehead atoms. The summed E-state index contributed by atoms with van der Waals surface area (Å²) in [4.78, 5) is 12.2. The highest BCUT2D eigenvalue weighted by Gasteiger charge is 2.14. The van der Waals surface area contributed by atoms with Crippen LogP contribution in [-0.2, 0) is 4.79 Å². The van der Waals surface area contributed by atoms with Gasteiger partial charge in [-0.1, -0.05) is 11.6 Å². The summed E-state index contributed by atoms with van der Waals surface area (Å²) in [5.74, 6) is 0.531. The molecular weight excluding hydrogens is 449 g/mol. The van der Waals surface area contributed by atoms with E-state index in [0.29, 0.717) is 22.0 Å². The number of nitrogens with two attached hydrogens (primary N) is 1. The van der Waals surface area contributed by atoms with Gasteiger partial charge in [-0.25, -0.2) is 0 Å². The molecule has 1 aliphatic heterocycles. The molecule has 0 aromatic heterocycles. The van der Waals surface area contributed by atoms with Crippen molar-refractivity contribution in [2.45, 2.75) is 18.9 Å². The fraction of sp³-hybridized carbons (Fsp3) is 0.300. The van der Waals surface area contributed by atoms with Crippen LogP contribution < -0.4 is 26.4 Å². The van der Waals surface area contributed by atoms with E-state index >= 15 is 0 Å². The van der Waals surface area contributed by atoms with E-state index in [1.54, 1.807) is 18.2 Å². The lowest BCUT2D eigenvalue weighted by molar-refractivity contribution is -0.114. The normalized spacial score (nSPS) is 13.4. The van der Waals surface area contributed by atoms with Gasteiger partial charge in [0.05, 0.1) is 17.3 Å². The summed E-state index contributed by atoms with van der Waals surface area (Å²) in [6.45, 7) is 1.99. The van der Waals surface area contributed by atoms with Crippen LogP contribution in [0.3, 0.4) is 0 Å². The van der Waals surface area contributed by atoms with Crippen molar-refractivity contribution in [3.8, 4) is 5.75 Å². The van der Waals surface area contributed by atoms with Crippen molar-refractivity contribution < 1.29 is 9.53 Å². The number of amides is 1. The van der Waals surface area contributed by atoms with E-state index in [2.05, 4.69) is 16.0 Å². The first-order valence-electron chi connectivity index (χ1n) is 9.16. The van der Waals surface area contributed by atoms with Crippen LogP contribution in [0.25, 0.3) is 0 Å². The van der Waals surface area contributed by atoms with Crippen molar-refractivity contribution in [2.24, 2.45) is 5.73 Å². The second-order valence-corrected chi connectivity index (χ2v) is 7.01. The third kappa shape index (κ3) is 7.57. The Hall–Kier alpha value is -2.19. The summed E-state index contributed by atoms with van der Waals surface area (Å²) in [7, 11) is 0. The van der Waals surface area contributed by atoms with Gasteiger partial charge in [0.2, 0.25) is 5.91 Å². The minimum atomic E-state index is -0.212. The summed E-state index contributed by atoms with van der Waals surface area (Å²) in [5.41, 5.74) is 7.26. The zero-order chi connectivity index (χ0) is 19.9. The number of rotatable bonds is 7. The number of benzene rings is 2. The van der Waals surface area contributed by atoms with Crippen molar-refractivity contribution in [3.05, 3.63) is 53.1 Å². The van der Waals surface area contributed by atoms with Crippen LogP contribution in [0.4, 0.5) is 11.4 Å². The Morgan fingerprint density at radius 1 is 1.17 bits per heavy atom. The Morgan fingerprint density at radius 3 is 2.47 bits per heavy atom. The van der Waals surface area contributed by atoms with E-state index in [1.165, 1.54) is 0 Å². The monoisotopic (exact) mass is 473 g/mol. The molecule has 1 aliphatic rings. The molecule has 164 valence electrons. The van der Waals surface area contributed by atoms with Gasteiger partial charge in [-0.05, 0) is 68.4 Å². The number of halogens is 3. The van der Waals surface area contributed by atoms with Crippen LogP contribution in [-0.4, -0.2) is 37.5 Å². The Labute approximate surface area is 193 Å². The van der Waals surface area contributed by atoms with Gasteiger partial charge in [0.1, 0.15) is 17.7 Å². The maximum Gasteiger partial charge on any atom is 0.243 e. The molecule has 1 amide bonds. The molecule has 2 aromatic rings. The van der Waals surface area contributed by atoms with Crippen LogP contribution in [0, 0.1) is 5.41 Å². The molecule has 0 spiro atoms. The first kappa shape index (κ1) is 25.8. The Balaban J connectivity index is 0.00000225. The quantitative estimate of drug-likeness (QED) is 0.311. The molecule has 0 unspecified atom stereocenters. The molecule has 3 rings (SSSR count). The molecule has 1 heterocycles. The van der Waals surface area contributed by atoms with Crippen molar-refractivity contribution in [1.29, 1.82) is 5.41 Å². The van der Waals surface area contributed by atoms with Gasteiger partial charge in [-0.2, -0.15) is 0 Å². The Morgan fingerprint density at radius 2 is 1.83 bits per heavy atom. The zero-order valence-electron chi connectivity index (χ0n) is 16.2. The number of ether oxygens (including phenoxy) is 1. The smallest absolute Gasteiger partial charge is 0.243 e. The lowest BCUT2D eigenvalue weighted by atomic mass is 10.1. The zero-order valence-corrected chi connectivity index (χ0v) is 18.6. The van der Waals surface area contributed by atoms with E-state index in [-0.39, 0.29) is 49.2 Å². The lowest BCUT2D eigenvalue weighted by Gasteiger charge is -2.23. The third-order valence-corrected chi connectivity index (χ3v) is 4.77. The number of nitrogen functional groups attached to an aromatic ring is 1. The lowest BCUT2D eigenvalue weighted by Crippen LogP contribution is -2.34. The van der Waals surface area contributed by atoms with Crippen molar-refractivity contribution in [2.75, 3.05) is 30.3 Å². The highest BCUT2D eigenvalue weighted by molar-refractivity contribution is 6.33. The van der Waals surface area contributed by atoms with Gasteiger partial charge in [-0.3, -0.25) is 10.2 Å². The Bertz CT molecular complexity index is 843. The largest absolute Gasteiger partial charge is 0.490 e. The van der Waals surface area contributed by atoms with Gasteiger partial charge in [0, 0.05) is 11.3 Å². The Kier molecular flexibility index (Phi) is 10.8. The van der Waals surface area contributed by atoms with Gasteiger partial charge >= 0.3 is 0 Å². The maximum absolute atomic E-state index is 12.2. The number of carbonyl (C=O) groups excluding carboxylic acids is 1. The molecular formula is C20H26Cl3N5O2. The summed E-state index contributed by atoms with van der Waals surface area (Å²) in [5, 5.41) is 17.0. The number of anilines is 2. The van der Waals surface area contributed by atoms with E-state index in [9.17, 15) is 4.79 Å².